The van der Waals surface area contributed by atoms with Crippen molar-refractivity contribution in [2.75, 3.05) is 11.1 Å². The molecule has 0 fully saturated rings. The van der Waals surface area contributed by atoms with E-state index >= 15 is 0 Å². The molecule has 1 amide bonds. The van der Waals surface area contributed by atoms with Crippen molar-refractivity contribution in [1.29, 1.82) is 0 Å². The fourth-order valence-corrected chi connectivity index (χ4v) is 3.83. The number of anilines is 1. The third-order valence-electron chi connectivity index (χ3n) is 3.39. The van der Waals surface area contributed by atoms with Gasteiger partial charge in [0, 0.05) is 0 Å². The topological polar surface area (TPSA) is 98.5 Å². The van der Waals surface area contributed by atoms with Gasteiger partial charge in [0.05, 0.1) is 11.4 Å². The largest absolute Gasteiger partial charge is 0.300 e. The molecule has 130 valence electrons. The number of thioether (sulfide) groups is 1. The Kier molecular flexibility index (Phi) is 5.09. The van der Waals surface area contributed by atoms with Gasteiger partial charge in [0.1, 0.15) is 5.01 Å². The maximum Gasteiger partial charge on any atom is 0.236 e. The van der Waals surface area contributed by atoms with Gasteiger partial charge in [0.15, 0.2) is 0 Å². The number of rotatable bonds is 5. The van der Waals surface area contributed by atoms with Crippen molar-refractivity contribution in [2.45, 2.75) is 32.9 Å². The number of aromatic nitrogens is 6. The molecular weight excluding hydrogens is 358 g/mol. The number of hydrogen-bond acceptors (Lipinski definition) is 8. The summed E-state index contributed by atoms with van der Waals surface area (Å²) in [5, 5.41) is 24.2. The van der Waals surface area contributed by atoms with E-state index in [-0.39, 0.29) is 11.7 Å². The van der Waals surface area contributed by atoms with Crippen LogP contribution < -0.4 is 5.32 Å². The molecule has 0 radical (unpaired) electrons. The lowest BCUT2D eigenvalue weighted by atomic mass is 10.1. The monoisotopic (exact) mass is 375 g/mol. The van der Waals surface area contributed by atoms with Crippen molar-refractivity contribution in [3.8, 4) is 5.69 Å². The molecule has 2 aromatic heterocycles. The van der Waals surface area contributed by atoms with Crippen LogP contribution in [0.25, 0.3) is 5.69 Å². The number of amides is 1. The summed E-state index contributed by atoms with van der Waals surface area (Å²) in [6.45, 7) is 7.94. The number of tetrazole rings is 1. The quantitative estimate of drug-likeness (QED) is 0.684. The van der Waals surface area contributed by atoms with Gasteiger partial charge < -0.3 is 0 Å². The van der Waals surface area contributed by atoms with Crippen LogP contribution >= 0.6 is 23.1 Å². The number of nitrogens with zero attached hydrogens (tertiary/aromatic N) is 6. The van der Waals surface area contributed by atoms with Gasteiger partial charge in [-0.2, -0.15) is 4.68 Å². The highest BCUT2D eigenvalue weighted by atomic mass is 32.2. The van der Waals surface area contributed by atoms with Gasteiger partial charge in [-0.25, -0.2) is 0 Å². The summed E-state index contributed by atoms with van der Waals surface area (Å²) < 4.78 is 1.68. The number of benzene rings is 1. The minimum Gasteiger partial charge on any atom is -0.300 e. The van der Waals surface area contributed by atoms with E-state index in [0.29, 0.717) is 10.3 Å². The van der Waals surface area contributed by atoms with Crippen LogP contribution in [-0.2, 0) is 4.79 Å². The molecular formula is C15H17N7OS2. The highest BCUT2D eigenvalue weighted by Crippen LogP contribution is 2.25. The van der Waals surface area contributed by atoms with Gasteiger partial charge in [0.25, 0.3) is 0 Å². The minimum atomic E-state index is -0.173. The molecule has 0 saturated heterocycles. The van der Waals surface area contributed by atoms with Gasteiger partial charge in [-0.15, -0.1) is 15.3 Å². The average Bonchev–Trinajstić information content (AvgIpc) is 3.13. The fourth-order valence-electron chi connectivity index (χ4n) is 2.55. The van der Waals surface area contributed by atoms with Crippen LogP contribution in [0.5, 0.6) is 0 Å². The molecule has 0 aliphatic rings. The first-order valence-electron chi connectivity index (χ1n) is 7.53. The standard InChI is InChI=1S/C15H17N7OS2/c1-8-5-9(2)13(10(3)6-8)22-15(19-20-21-22)24-7-12(23)16-14-18-17-11(4)25-14/h5-6H,7H2,1-4H3,(H,16,18,23). The predicted molar refractivity (Wildman–Crippen MR) is 97.4 cm³/mol. The van der Waals surface area contributed by atoms with Crippen LogP contribution in [0.1, 0.15) is 21.7 Å². The van der Waals surface area contributed by atoms with Crippen LogP contribution in [0.2, 0.25) is 0 Å². The van der Waals surface area contributed by atoms with Crippen LogP contribution in [0.15, 0.2) is 17.3 Å². The molecule has 8 nitrogen and oxygen atoms in total. The number of nitrogens with one attached hydrogen (secondary N) is 1. The Bertz CT molecular complexity index is 895. The molecule has 1 aromatic carbocycles. The summed E-state index contributed by atoms with van der Waals surface area (Å²) >= 11 is 2.61. The number of aryl methyl sites for hydroxylation is 4. The molecule has 2 heterocycles. The molecule has 25 heavy (non-hydrogen) atoms. The first-order chi connectivity index (χ1) is 11.9. The molecule has 0 aliphatic heterocycles. The third kappa shape index (κ3) is 4.02. The maximum atomic E-state index is 12.1. The molecule has 10 heteroatoms. The van der Waals surface area contributed by atoms with E-state index < -0.39 is 0 Å². The first-order valence-corrected chi connectivity index (χ1v) is 9.33. The van der Waals surface area contributed by atoms with Crippen molar-refractivity contribution >= 4 is 34.1 Å². The smallest absolute Gasteiger partial charge is 0.236 e. The Morgan fingerprint density at radius 3 is 2.52 bits per heavy atom. The highest BCUT2D eigenvalue weighted by Gasteiger charge is 2.16. The summed E-state index contributed by atoms with van der Waals surface area (Å²) in [7, 11) is 0. The molecule has 0 aliphatic carbocycles. The SMILES string of the molecule is Cc1cc(C)c(-n2nnnc2SCC(=O)Nc2nnc(C)s2)c(C)c1. The van der Waals surface area contributed by atoms with Crippen molar-refractivity contribution in [2.24, 2.45) is 0 Å². The summed E-state index contributed by atoms with van der Waals surface area (Å²) in [4.78, 5) is 12.1. The Morgan fingerprint density at radius 1 is 1.16 bits per heavy atom. The summed E-state index contributed by atoms with van der Waals surface area (Å²) in [5.41, 5.74) is 4.30. The van der Waals surface area contributed by atoms with Crippen LogP contribution in [0, 0.1) is 27.7 Å². The second-order valence-corrected chi connectivity index (χ2v) is 7.71. The van der Waals surface area contributed by atoms with Gasteiger partial charge in [-0.1, -0.05) is 40.8 Å². The van der Waals surface area contributed by atoms with Crippen molar-refractivity contribution in [3.05, 3.63) is 33.8 Å². The Morgan fingerprint density at radius 2 is 1.88 bits per heavy atom. The van der Waals surface area contributed by atoms with Crippen molar-refractivity contribution in [1.82, 2.24) is 30.4 Å². The molecule has 3 aromatic rings. The Labute approximate surface area is 153 Å². The van der Waals surface area contributed by atoms with Crippen LogP contribution in [-0.4, -0.2) is 42.1 Å². The van der Waals surface area contributed by atoms with E-state index in [1.165, 1.54) is 28.7 Å². The number of hydrogen-bond donors (Lipinski definition) is 1. The molecule has 1 N–H and O–H groups in total. The lowest BCUT2D eigenvalue weighted by Gasteiger charge is -2.12. The molecule has 0 saturated carbocycles. The molecule has 0 spiro atoms. The van der Waals surface area contributed by atoms with E-state index in [4.69, 9.17) is 0 Å². The van der Waals surface area contributed by atoms with E-state index in [0.717, 1.165) is 21.8 Å². The summed E-state index contributed by atoms with van der Waals surface area (Å²) in [6, 6.07) is 4.17. The Hall–Kier alpha value is -2.33. The summed E-state index contributed by atoms with van der Waals surface area (Å²) in [6.07, 6.45) is 0. The van der Waals surface area contributed by atoms with E-state index in [1.54, 1.807) is 4.68 Å². The number of carbonyl (C=O) groups excluding carboxylic acids is 1. The van der Waals surface area contributed by atoms with Crippen molar-refractivity contribution in [3.63, 3.8) is 0 Å². The van der Waals surface area contributed by atoms with Gasteiger partial charge in [-0.05, 0) is 49.2 Å². The van der Waals surface area contributed by atoms with E-state index in [2.05, 4.69) is 50.1 Å². The lowest BCUT2D eigenvalue weighted by Crippen LogP contribution is -2.14. The zero-order chi connectivity index (χ0) is 18.0. The molecule has 0 bridgehead atoms. The average molecular weight is 375 g/mol. The summed E-state index contributed by atoms with van der Waals surface area (Å²) in [5.74, 6) is 0.0104. The lowest BCUT2D eigenvalue weighted by molar-refractivity contribution is -0.113. The van der Waals surface area contributed by atoms with Crippen LogP contribution in [0.4, 0.5) is 5.13 Å². The molecule has 0 unspecified atom stereocenters. The molecule has 0 atom stereocenters. The van der Waals surface area contributed by atoms with Crippen molar-refractivity contribution < 1.29 is 4.79 Å². The fraction of sp³-hybridized carbons (Fsp3) is 0.333. The third-order valence-corrected chi connectivity index (χ3v) is 5.07. The highest BCUT2D eigenvalue weighted by molar-refractivity contribution is 7.99. The van der Waals surface area contributed by atoms with E-state index in [9.17, 15) is 4.79 Å². The zero-order valence-corrected chi connectivity index (χ0v) is 15.9. The van der Waals surface area contributed by atoms with Crippen LogP contribution in [0.3, 0.4) is 0 Å². The number of carbonyl (C=O) groups is 1. The maximum absolute atomic E-state index is 12.1. The predicted octanol–water partition coefficient (Wildman–Crippen LogP) is 2.48. The first kappa shape index (κ1) is 17.5. The van der Waals surface area contributed by atoms with Gasteiger partial charge in [-0.3, -0.25) is 10.1 Å². The second-order valence-electron chi connectivity index (χ2n) is 5.58. The zero-order valence-electron chi connectivity index (χ0n) is 14.3. The minimum absolute atomic E-state index is 0.173. The normalized spacial score (nSPS) is 10.9. The van der Waals surface area contributed by atoms with E-state index in [1.807, 2.05) is 20.8 Å². The molecule has 3 rings (SSSR count). The second kappa shape index (κ2) is 7.28. The van der Waals surface area contributed by atoms with Gasteiger partial charge in [0.2, 0.25) is 16.2 Å². The Balaban J connectivity index is 1.73. The van der Waals surface area contributed by atoms with Gasteiger partial charge >= 0.3 is 0 Å².